The second kappa shape index (κ2) is 10.4. The molecule has 32 heavy (non-hydrogen) atoms. The molecule has 0 amide bonds. The molecule has 8 heteroatoms. The van der Waals surface area contributed by atoms with E-state index in [9.17, 15) is 4.39 Å². The predicted molar refractivity (Wildman–Crippen MR) is 133 cm³/mol. The predicted octanol–water partition coefficient (Wildman–Crippen LogP) is 4.57. The highest BCUT2D eigenvalue weighted by Gasteiger charge is 2.23. The van der Waals surface area contributed by atoms with Crippen LogP contribution >= 0.6 is 12.2 Å². The number of hydrogen-bond donors (Lipinski definition) is 2. The van der Waals surface area contributed by atoms with Crippen LogP contribution in [0.3, 0.4) is 0 Å². The van der Waals surface area contributed by atoms with Crippen molar-refractivity contribution in [2.75, 3.05) is 41.3 Å². The monoisotopic (exact) mass is 456 g/mol. The molecule has 0 bridgehead atoms. The number of benzene rings is 1. The molecule has 0 aliphatic carbocycles. The first-order chi connectivity index (χ1) is 15.5. The molecule has 0 unspecified atom stereocenters. The van der Waals surface area contributed by atoms with E-state index in [4.69, 9.17) is 22.2 Å². The molecule has 2 fully saturated rings. The van der Waals surface area contributed by atoms with Gasteiger partial charge in [0.05, 0.1) is 0 Å². The van der Waals surface area contributed by atoms with Crippen molar-refractivity contribution in [1.29, 1.82) is 0 Å². The second-order valence-corrected chi connectivity index (χ2v) is 9.64. The van der Waals surface area contributed by atoms with E-state index in [1.54, 1.807) is 12.1 Å². The van der Waals surface area contributed by atoms with E-state index in [0.29, 0.717) is 29.4 Å². The summed E-state index contributed by atoms with van der Waals surface area (Å²) in [7, 11) is 0. The minimum absolute atomic E-state index is 0.244. The lowest BCUT2D eigenvalue weighted by atomic mass is 10.00. The van der Waals surface area contributed by atoms with Gasteiger partial charge in [-0.1, -0.05) is 26.0 Å². The highest BCUT2D eigenvalue weighted by molar-refractivity contribution is 7.80. The number of aromatic nitrogens is 2. The van der Waals surface area contributed by atoms with Crippen LogP contribution < -0.4 is 20.4 Å². The Morgan fingerprint density at radius 2 is 1.56 bits per heavy atom. The summed E-state index contributed by atoms with van der Waals surface area (Å²) in [5.74, 6) is 3.52. The number of hydrogen-bond acceptors (Lipinski definition) is 5. The van der Waals surface area contributed by atoms with Crippen molar-refractivity contribution >= 4 is 34.9 Å². The van der Waals surface area contributed by atoms with Crippen LogP contribution in [-0.2, 0) is 6.54 Å². The fourth-order valence-corrected chi connectivity index (χ4v) is 4.69. The molecule has 0 saturated carbocycles. The molecule has 2 aliphatic rings. The van der Waals surface area contributed by atoms with Crippen molar-refractivity contribution in [3.63, 3.8) is 0 Å². The Morgan fingerprint density at radius 1 is 1.00 bits per heavy atom. The maximum absolute atomic E-state index is 13.1. The maximum atomic E-state index is 13.1. The van der Waals surface area contributed by atoms with Crippen LogP contribution in [0.1, 0.15) is 45.1 Å². The smallest absolute Gasteiger partial charge is 0.232 e. The molecule has 2 atom stereocenters. The van der Waals surface area contributed by atoms with Crippen LogP contribution in [0.15, 0.2) is 30.3 Å². The van der Waals surface area contributed by atoms with Gasteiger partial charge in [0.1, 0.15) is 17.5 Å². The molecule has 3 heterocycles. The van der Waals surface area contributed by atoms with Gasteiger partial charge in [-0.05, 0) is 67.4 Å². The van der Waals surface area contributed by atoms with Crippen molar-refractivity contribution in [1.82, 2.24) is 15.3 Å². The molecule has 4 rings (SSSR count). The summed E-state index contributed by atoms with van der Waals surface area (Å²) in [6.45, 7) is 9.17. The van der Waals surface area contributed by atoms with Crippen molar-refractivity contribution in [3.05, 3.63) is 41.7 Å². The van der Waals surface area contributed by atoms with Gasteiger partial charge in [-0.2, -0.15) is 9.97 Å². The average molecular weight is 457 g/mol. The summed E-state index contributed by atoms with van der Waals surface area (Å²) >= 11 is 5.49. The number of nitrogens with zero attached hydrogens (tertiary/aromatic N) is 4. The van der Waals surface area contributed by atoms with E-state index < -0.39 is 0 Å². The Hall–Kier alpha value is -2.48. The van der Waals surface area contributed by atoms with E-state index in [-0.39, 0.29) is 5.82 Å². The number of thiocarbonyl (C=S) groups is 1. The summed E-state index contributed by atoms with van der Waals surface area (Å²) in [4.78, 5) is 14.4. The highest BCUT2D eigenvalue weighted by atomic mass is 32.1. The topological polar surface area (TPSA) is 56.3 Å². The van der Waals surface area contributed by atoms with Crippen molar-refractivity contribution in [3.8, 4) is 0 Å². The Balaban J connectivity index is 1.50. The molecule has 172 valence electrons. The lowest BCUT2D eigenvalue weighted by molar-refractivity contribution is 0.441. The number of anilines is 3. The summed E-state index contributed by atoms with van der Waals surface area (Å²) in [5.41, 5.74) is 0.954. The first-order valence-electron chi connectivity index (χ1n) is 11.6. The SMILES string of the molecule is C[C@@H]1CCCN(c2cc(N3CCC[C@H](C)C3)nc(NC(=S)NCc3ccc(F)cc3)n2)C1. The van der Waals surface area contributed by atoms with E-state index >= 15 is 0 Å². The fourth-order valence-electron chi connectivity index (χ4n) is 4.53. The van der Waals surface area contributed by atoms with Crippen LogP contribution in [-0.4, -0.2) is 41.3 Å². The van der Waals surface area contributed by atoms with E-state index in [1.807, 2.05) is 0 Å². The Morgan fingerprint density at radius 3 is 2.09 bits per heavy atom. The lowest BCUT2D eigenvalue weighted by Gasteiger charge is -2.35. The quantitative estimate of drug-likeness (QED) is 0.639. The van der Waals surface area contributed by atoms with Gasteiger partial charge >= 0.3 is 0 Å². The first-order valence-corrected chi connectivity index (χ1v) is 12.1. The normalized spacial score (nSPS) is 21.3. The van der Waals surface area contributed by atoms with Gasteiger partial charge in [0.25, 0.3) is 0 Å². The van der Waals surface area contributed by atoms with Crippen molar-refractivity contribution < 1.29 is 4.39 Å². The van der Waals surface area contributed by atoms with Crippen LogP contribution in [0.5, 0.6) is 0 Å². The van der Waals surface area contributed by atoms with Gasteiger partial charge in [0.2, 0.25) is 5.95 Å². The molecule has 2 saturated heterocycles. The highest BCUT2D eigenvalue weighted by Crippen LogP contribution is 2.28. The van der Waals surface area contributed by atoms with Gasteiger partial charge in [-0.25, -0.2) is 4.39 Å². The molecule has 6 nitrogen and oxygen atoms in total. The van der Waals surface area contributed by atoms with Gasteiger partial charge in [-0.3, -0.25) is 0 Å². The number of piperidine rings is 2. The van der Waals surface area contributed by atoms with Gasteiger partial charge < -0.3 is 20.4 Å². The fraction of sp³-hybridized carbons (Fsp3) is 0.542. The minimum Gasteiger partial charge on any atom is -0.358 e. The average Bonchev–Trinajstić information content (AvgIpc) is 2.78. The van der Waals surface area contributed by atoms with Crippen molar-refractivity contribution in [2.45, 2.75) is 46.1 Å². The molecular weight excluding hydrogens is 423 g/mol. The zero-order valence-electron chi connectivity index (χ0n) is 19.0. The molecular formula is C24H33FN6S. The third-order valence-electron chi connectivity index (χ3n) is 6.25. The summed E-state index contributed by atoms with van der Waals surface area (Å²) in [6, 6.07) is 8.53. The van der Waals surface area contributed by atoms with E-state index in [0.717, 1.165) is 43.4 Å². The summed E-state index contributed by atoms with van der Waals surface area (Å²) in [6.07, 6.45) is 4.89. The largest absolute Gasteiger partial charge is 0.358 e. The zero-order chi connectivity index (χ0) is 22.5. The van der Waals surface area contributed by atoms with E-state index in [2.05, 4.69) is 40.3 Å². The maximum Gasteiger partial charge on any atom is 0.232 e. The van der Waals surface area contributed by atoms with Crippen LogP contribution in [0.2, 0.25) is 0 Å². The Bertz CT molecular complexity index is 881. The van der Waals surface area contributed by atoms with Crippen molar-refractivity contribution in [2.24, 2.45) is 11.8 Å². The zero-order valence-corrected chi connectivity index (χ0v) is 19.8. The standard InChI is InChI=1S/C24H33FN6S/c1-17-5-3-11-30(15-17)21-13-22(31-12-4-6-18(2)16-31)28-23(27-21)29-24(32)26-14-19-7-9-20(25)10-8-19/h7-10,13,17-18H,3-6,11-12,14-16H2,1-2H3,(H2,26,27,28,29,32)/t17-,18+. The second-order valence-electron chi connectivity index (χ2n) is 9.23. The minimum atomic E-state index is -0.244. The van der Waals surface area contributed by atoms with Crippen LogP contribution in [0.4, 0.5) is 22.0 Å². The number of halogens is 1. The van der Waals surface area contributed by atoms with E-state index in [1.165, 1.54) is 37.8 Å². The lowest BCUT2D eigenvalue weighted by Crippen LogP contribution is -2.37. The summed E-state index contributed by atoms with van der Waals surface area (Å²) in [5, 5.41) is 6.80. The Labute approximate surface area is 195 Å². The van der Waals surface area contributed by atoms with Crippen LogP contribution in [0, 0.1) is 17.7 Å². The van der Waals surface area contributed by atoms with Crippen LogP contribution in [0.25, 0.3) is 0 Å². The van der Waals surface area contributed by atoms with Gasteiger partial charge in [-0.15, -0.1) is 0 Å². The first kappa shape index (κ1) is 22.7. The Kier molecular flexibility index (Phi) is 7.40. The molecule has 1 aromatic carbocycles. The number of nitrogens with one attached hydrogen (secondary N) is 2. The van der Waals surface area contributed by atoms with Gasteiger partial charge in [0, 0.05) is 38.8 Å². The third kappa shape index (κ3) is 6.06. The number of rotatable bonds is 5. The third-order valence-corrected chi connectivity index (χ3v) is 6.50. The van der Waals surface area contributed by atoms with Gasteiger partial charge in [0.15, 0.2) is 5.11 Å². The molecule has 1 aromatic heterocycles. The molecule has 2 aliphatic heterocycles. The molecule has 2 aromatic rings. The molecule has 0 spiro atoms. The summed E-state index contributed by atoms with van der Waals surface area (Å²) < 4.78 is 13.1. The molecule has 2 N–H and O–H groups in total. The molecule has 0 radical (unpaired) electrons.